The fourth-order valence-electron chi connectivity index (χ4n) is 2.12. The zero-order valence-corrected chi connectivity index (χ0v) is 11.5. The summed E-state index contributed by atoms with van der Waals surface area (Å²) in [6.45, 7) is 3.74. The molecule has 2 N–H and O–H groups in total. The van der Waals surface area contributed by atoms with Crippen molar-refractivity contribution in [2.24, 2.45) is 0 Å². The van der Waals surface area contributed by atoms with Crippen LogP contribution in [0.25, 0.3) is 0 Å². The van der Waals surface area contributed by atoms with E-state index in [1.807, 2.05) is 25.1 Å². The molecule has 92 valence electrons. The van der Waals surface area contributed by atoms with E-state index in [0.29, 0.717) is 12.6 Å². The van der Waals surface area contributed by atoms with E-state index in [9.17, 15) is 4.79 Å². The molecule has 0 saturated carbocycles. The van der Waals surface area contributed by atoms with E-state index in [-0.39, 0.29) is 5.91 Å². The number of carbonyl (C=O) groups excluding carboxylic acids is 1. The number of hydrogen-bond donors (Lipinski definition) is 2. The first-order valence-electron chi connectivity index (χ1n) is 5.94. The number of carbonyl (C=O) groups is 1. The van der Waals surface area contributed by atoms with Crippen LogP contribution in [0, 0.1) is 6.92 Å². The minimum atomic E-state index is 0.0173. The second kappa shape index (κ2) is 5.65. The lowest BCUT2D eigenvalue weighted by atomic mass is 10.1. The zero-order chi connectivity index (χ0) is 12.3. The fraction of sp³-hybridized carbons (Fsp3) is 0.462. The van der Waals surface area contributed by atoms with Crippen LogP contribution in [0.15, 0.2) is 22.7 Å². The first-order valence-corrected chi connectivity index (χ1v) is 6.74. The van der Waals surface area contributed by atoms with Crippen LogP contribution in [-0.2, 0) is 0 Å². The Bertz CT molecular complexity index is 414. The molecule has 0 aromatic heterocycles. The SMILES string of the molecule is Cc1cc(Br)ccc1C(=O)NCC1CCCN1. The number of aryl methyl sites for hydroxylation is 1. The summed E-state index contributed by atoms with van der Waals surface area (Å²) in [5.74, 6) is 0.0173. The molecule has 4 heteroatoms. The first-order chi connectivity index (χ1) is 8.16. The van der Waals surface area contributed by atoms with E-state index in [1.54, 1.807) is 0 Å². The minimum Gasteiger partial charge on any atom is -0.350 e. The van der Waals surface area contributed by atoms with Gasteiger partial charge in [0.25, 0.3) is 5.91 Å². The molecule has 3 nitrogen and oxygen atoms in total. The molecule has 1 fully saturated rings. The van der Waals surface area contributed by atoms with Gasteiger partial charge < -0.3 is 10.6 Å². The molecule has 1 unspecified atom stereocenters. The second-order valence-electron chi connectivity index (χ2n) is 4.46. The van der Waals surface area contributed by atoms with Gasteiger partial charge in [0.05, 0.1) is 0 Å². The van der Waals surface area contributed by atoms with Gasteiger partial charge >= 0.3 is 0 Å². The summed E-state index contributed by atoms with van der Waals surface area (Å²) in [7, 11) is 0. The highest BCUT2D eigenvalue weighted by Crippen LogP contribution is 2.15. The van der Waals surface area contributed by atoms with Crippen LogP contribution in [0.1, 0.15) is 28.8 Å². The van der Waals surface area contributed by atoms with Crippen molar-refractivity contribution in [2.45, 2.75) is 25.8 Å². The molecule has 1 saturated heterocycles. The zero-order valence-electron chi connectivity index (χ0n) is 9.92. The second-order valence-corrected chi connectivity index (χ2v) is 5.38. The number of rotatable bonds is 3. The molecule has 1 aromatic rings. The Morgan fingerprint density at radius 3 is 3.06 bits per heavy atom. The number of amides is 1. The fourth-order valence-corrected chi connectivity index (χ4v) is 2.60. The van der Waals surface area contributed by atoms with E-state index in [1.165, 1.54) is 6.42 Å². The molecule has 1 aliphatic heterocycles. The Labute approximate surface area is 110 Å². The van der Waals surface area contributed by atoms with Gasteiger partial charge in [0.15, 0.2) is 0 Å². The summed E-state index contributed by atoms with van der Waals surface area (Å²) < 4.78 is 1.00. The molecule has 1 amide bonds. The van der Waals surface area contributed by atoms with Crippen LogP contribution in [0.2, 0.25) is 0 Å². The number of benzene rings is 1. The molecule has 0 bridgehead atoms. The molecule has 1 aromatic carbocycles. The third-order valence-corrected chi connectivity index (χ3v) is 3.60. The summed E-state index contributed by atoms with van der Waals surface area (Å²) in [4.78, 5) is 12.0. The highest BCUT2D eigenvalue weighted by Gasteiger charge is 2.15. The van der Waals surface area contributed by atoms with Gasteiger partial charge in [0.2, 0.25) is 0 Å². The van der Waals surface area contributed by atoms with Crippen LogP contribution >= 0.6 is 15.9 Å². The van der Waals surface area contributed by atoms with Gasteiger partial charge in [0, 0.05) is 22.6 Å². The lowest BCUT2D eigenvalue weighted by molar-refractivity contribution is 0.0949. The van der Waals surface area contributed by atoms with E-state index in [0.717, 1.165) is 28.6 Å². The van der Waals surface area contributed by atoms with Crippen molar-refractivity contribution in [3.05, 3.63) is 33.8 Å². The van der Waals surface area contributed by atoms with Crippen LogP contribution in [0.3, 0.4) is 0 Å². The van der Waals surface area contributed by atoms with Crippen LogP contribution < -0.4 is 10.6 Å². The maximum Gasteiger partial charge on any atom is 0.251 e. The van der Waals surface area contributed by atoms with Crippen LogP contribution in [0.4, 0.5) is 0 Å². The Hall–Kier alpha value is -0.870. The van der Waals surface area contributed by atoms with Gasteiger partial charge in [-0.05, 0) is 50.1 Å². The third-order valence-electron chi connectivity index (χ3n) is 3.10. The smallest absolute Gasteiger partial charge is 0.251 e. The Morgan fingerprint density at radius 1 is 1.59 bits per heavy atom. The van der Waals surface area contributed by atoms with E-state index >= 15 is 0 Å². The Kier molecular flexibility index (Phi) is 4.18. The summed E-state index contributed by atoms with van der Waals surface area (Å²) >= 11 is 3.40. The van der Waals surface area contributed by atoms with Crippen molar-refractivity contribution in [2.75, 3.05) is 13.1 Å². The molecule has 0 aliphatic carbocycles. The number of hydrogen-bond acceptors (Lipinski definition) is 2. The largest absolute Gasteiger partial charge is 0.350 e. The summed E-state index contributed by atoms with van der Waals surface area (Å²) in [6.07, 6.45) is 2.36. The highest BCUT2D eigenvalue weighted by atomic mass is 79.9. The maximum absolute atomic E-state index is 12.0. The molecule has 17 heavy (non-hydrogen) atoms. The molecule has 1 atom stereocenters. The lowest BCUT2D eigenvalue weighted by Gasteiger charge is -2.12. The first kappa shape index (κ1) is 12.6. The number of halogens is 1. The molecular formula is C13H17BrN2O. The van der Waals surface area contributed by atoms with Crippen LogP contribution in [0.5, 0.6) is 0 Å². The van der Waals surface area contributed by atoms with Gasteiger partial charge in [-0.3, -0.25) is 4.79 Å². The van der Waals surface area contributed by atoms with Crippen molar-refractivity contribution in [1.82, 2.24) is 10.6 Å². The van der Waals surface area contributed by atoms with Crippen molar-refractivity contribution in [3.8, 4) is 0 Å². The van der Waals surface area contributed by atoms with E-state index in [4.69, 9.17) is 0 Å². The predicted molar refractivity (Wildman–Crippen MR) is 72.2 cm³/mol. The predicted octanol–water partition coefficient (Wildman–Crippen LogP) is 2.24. The molecular weight excluding hydrogens is 280 g/mol. The van der Waals surface area contributed by atoms with Gasteiger partial charge in [-0.1, -0.05) is 15.9 Å². The molecule has 0 radical (unpaired) electrons. The summed E-state index contributed by atoms with van der Waals surface area (Å²) in [5.41, 5.74) is 1.75. The third kappa shape index (κ3) is 3.30. The summed E-state index contributed by atoms with van der Waals surface area (Å²) in [6, 6.07) is 6.16. The average molecular weight is 297 g/mol. The number of nitrogens with one attached hydrogen (secondary N) is 2. The van der Waals surface area contributed by atoms with Crippen molar-refractivity contribution in [3.63, 3.8) is 0 Å². The van der Waals surface area contributed by atoms with Crippen molar-refractivity contribution >= 4 is 21.8 Å². The molecule has 1 aliphatic rings. The summed E-state index contributed by atoms with van der Waals surface area (Å²) in [5, 5.41) is 6.35. The van der Waals surface area contributed by atoms with Crippen LogP contribution in [-0.4, -0.2) is 25.0 Å². The van der Waals surface area contributed by atoms with Gasteiger partial charge in [-0.15, -0.1) is 0 Å². The monoisotopic (exact) mass is 296 g/mol. The van der Waals surface area contributed by atoms with Crippen molar-refractivity contribution < 1.29 is 4.79 Å². The van der Waals surface area contributed by atoms with E-state index in [2.05, 4.69) is 26.6 Å². The quantitative estimate of drug-likeness (QED) is 0.898. The lowest BCUT2D eigenvalue weighted by Crippen LogP contribution is -2.37. The molecule has 2 rings (SSSR count). The minimum absolute atomic E-state index is 0.0173. The average Bonchev–Trinajstić information content (AvgIpc) is 2.78. The van der Waals surface area contributed by atoms with Crippen molar-refractivity contribution in [1.29, 1.82) is 0 Å². The molecule has 1 heterocycles. The Morgan fingerprint density at radius 2 is 2.41 bits per heavy atom. The topological polar surface area (TPSA) is 41.1 Å². The highest BCUT2D eigenvalue weighted by molar-refractivity contribution is 9.10. The van der Waals surface area contributed by atoms with Gasteiger partial charge in [-0.25, -0.2) is 0 Å². The maximum atomic E-state index is 12.0. The van der Waals surface area contributed by atoms with Gasteiger partial charge in [-0.2, -0.15) is 0 Å². The molecule has 0 spiro atoms. The van der Waals surface area contributed by atoms with E-state index < -0.39 is 0 Å². The van der Waals surface area contributed by atoms with Gasteiger partial charge in [0.1, 0.15) is 0 Å². The normalized spacial score (nSPS) is 19.3. The Balaban J connectivity index is 1.94. The standard InChI is InChI=1S/C13H17BrN2O/c1-9-7-10(14)4-5-12(9)13(17)16-8-11-3-2-6-15-11/h4-5,7,11,15H,2-3,6,8H2,1H3,(H,16,17).